The number of hydrogen-bond acceptors (Lipinski definition) is 3. The second-order valence-corrected chi connectivity index (χ2v) is 5.40. The molecule has 0 aliphatic carbocycles. The van der Waals surface area contributed by atoms with Crippen LogP contribution >= 0.6 is 11.3 Å². The molecule has 0 fully saturated rings. The second-order valence-electron chi connectivity index (χ2n) is 4.62. The van der Waals surface area contributed by atoms with Crippen molar-refractivity contribution in [1.82, 2.24) is 5.32 Å². The molecule has 0 aliphatic heterocycles. The van der Waals surface area contributed by atoms with E-state index in [-0.39, 0.29) is 11.6 Å². The number of aliphatic hydroxyl groups is 1. The standard InChI is InChI=1S/C11H19NOS/c1-11(2,3)12-7-10(13)6-9-4-5-14-8-9/h4-5,8,10,12-13H,6-7H2,1-3H3. The fraction of sp³-hybridized carbons (Fsp3) is 0.636. The van der Waals surface area contributed by atoms with Crippen LogP contribution in [0.15, 0.2) is 16.8 Å². The first-order valence-electron chi connectivity index (χ1n) is 4.91. The lowest BCUT2D eigenvalue weighted by molar-refractivity contribution is 0.161. The van der Waals surface area contributed by atoms with Gasteiger partial charge in [-0.1, -0.05) is 0 Å². The van der Waals surface area contributed by atoms with E-state index < -0.39 is 0 Å². The SMILES string of the molecule is CC(C)(C)NCC(O)Cc1ccsc1. The molecule has 1 rings (SSSR count). The Morgan fingerprint density at radius 3 is 2.71 bits per heavy atom. The summed E-state index contributed by atoms with van der Waals surface area (Å²) in [6.45, 7) is 6.96. The highest BCUT2D eigenvalue weighted by molar-refractivity contribution is 7.07. The second kappa shape index (κ2) is 4.91. The largest absolute Gasteiger partial charge is 0.391 e. The summed E-state index contributed by atoms with van der Waals surface area (Å²) in [5.41, 5.74) is 1.30. The minimum absolute atomic E-state index is 0.0790. The highest BCUT2D eigenvalue weighted by Gasteiger charge is 2.12. The zero-order chi connectivity index (χ0) is 10.6. The van der Waals surface area contributed by atoms with E-state index in [1.165, 1.54) is 5.56 Å². The molecule has 0 amide bonds. The highest BCUT2D eigenvalue weighted by atomic mass is 32.1. The van der Waals surface area contributed by atoms with Gasteiger partial charge in [0.05, 0.1) is 6.10 Å². The van der Waals surface area contributed by atoms with Gasteiger partial charge in [-0.3, -0.25) is 0 Å². The topological polar surface area (TPSA) is 32.3 Å². The predicted octanol–water partition coefficient (Wildman–Crippen LogP) is 2.04. The third-order valence-corrected chi connectivity index (χ3v) is 2.65. The maximum atomic E-state index is 9.73. The minimum Gasteiger partial charge on any atom is -0.391 e. The number of β-amino-alcohol motifs (C(OH)–C–C–N with tert-alkyl or cyclic N) is 1. The van der Waals surface area contributed by atoms with Crippen molar-refractivity contribution >= 4 is 11.3 Å². The van der Waals surface area contributed by atoms with Gasteiger partial charge in [-0.05, 0) is 43.2 Å². The maximum absolute atomic E-state index is 9.73. The summed E-state index contributed by atoms with van der Waals surface area (Å²) in [6, 6.07) is 2.06. The Morgan fingerprint density at radius 1 is 1.50 bits per heavy atom. The van der Waals surface area contributed by atoms with Crippen molar-refractivity contribution < 1.29 is 5.11 Å². The molecule has 3 heteroatoms. The van der Waals surface area contributed by atoms with E-state index in [0.29, 0.717) is 6.54 Å². The predicted molar refractivity (Wildman–Crippen MR) is 61.8 cm³/mol. The van der Waals surface area contributed by atoms with Gasteiger partial charge in [-0.15, -0.1) is 0 Å². The average molecular weight is 213 g/mol. The van der Waals surface area contributed by atoms with Crippen LogP contribution in [0.2, 0.25) is 0 Å². The van der Waals surface area contributed by atoms with E-state index in [0.717, 1.165) is 6.42 Å². The Hall–Kier alpha value is -0.380. The van der Waals surface area contributed by atoms with E-state index in [1.54, 1.807) is 11.3 Å². The molecule has 14 heavy (non-hydrogen) atoms. The van der Waals surface area contributed by atoms with Crippen molar-refractivity contribution in [2.24, 2.45) is 0 Å². The Labute approximate surface area is 90.0 Å². The molecule has 0 spiro atoms. The molecule has 1 aromatic heterocycles. The number of hydrogen-bond donors (Lipinski definition) is 2. The summed E-state index contributed by atoms with van der Waals surface area (Å²) in [7, 11) is 0. The van der Waals surface area contributed by atoms with Crippen molar-refractivity contribution in [3.05, 3.63) is 22.4 Å². The zero-order valence-corrected chi connectivity index (χ0v) is 9.90. The Kier molecular flexibility index (Phi) is 4.11. The molecule has 80 valence electrons. The first-order valence-corrected chi connectivity index (χ1v) is 5.86. The molecule has 1 unspecified atom stereocenters. The molecule has 0 saturated heterocycles. The maximum Gasteiger partial charge on any atom is 0.0705 e. The van der Waals surface area contributed by atoms with Crippen LogP contribution in [0.5, 0.6) is 0 Å². The Bertz CT molecular complexity index is 251. The van der Waals surface area contributed by atoms with Crippen LogP contribution in [-0.4, -0.2) is 23.3 Å². The molecule has 0 radical (unpaired) electrons. The first-order chi connectivity index (χ1) is 6.47. The van der Waals surface area contributed by atoms with Gasteiger partial charge in [0.15, 0.2) is 0 Å². The Morgan fingerprint density at radius 2 is 2.21 bits per heavy atom. The number of nitrogens with one attached hydrogen (secondary N) is 1. The number of aliphatic hydroxyl groups excluding tert-OH is 1. The molecule has 0 aromatic carbocycles. The monoisotopic (exact) mass is 213 g/mol. The van der Waals surface area contributed by atoms with Gasteiger partial charge < -0.3 is 10.4 Å². The van der Waals surface area contributed by atoms with Gasteiger partial charge in [0, 0.05) is 18.5 Å². The molecule has 2 N–H and O–H groups in total. The van der Waals surface area contributed by atoms with Crippen LogP contribution in [0, 0.1) is 0 Å². The van der Waals surface area contributed by atoms with Crippen LogP contribution in [0.4, 0.5) is 0 Å². The molecule has 1 heterocycles. The summed E-state index contributed by atoms with van der Waals surface area (Å²) in [4.78, 5) is 0. The zero-order valence-electron chi connectivity index (χ0n) is 9.08. The van der Waals surface area contributed by atoms with Gasteiger partial charge in [0.2, 0.25) is 0 Å². The fourth-order valence-corrected chi connectivity index (χ4v) is 1.86. The van der Waals surface area contributed by atoms with Crippen molar-refractivity contribution in [3.8, 4) is 0 Å². The lowest BCUT2D eigenvalue weighted by Crippen LogP contribution is -2.41. The summed E-state index contributed by atoms with van der Waals surface area (Å²) < 4.78 is 0. The van der Waals surface area contributed by atoms with Crippen molar-refractivity contribution in [3.63, 3.8) is 0 Å². The van der Waals surface area contributed by atoms with E-state index >= 15 is 0 Å². The van der Waals surface area contributed by atoms with Crippen molar-refractivity contribution in [1.29, 1.82) is 0 Å². The van der Waals surface area contributed by atoms with Crippen LogP contribution in [0.1, 0.15) is 26.3 Å². The fourth-order valence-electron chi connectivity index (χ4n) is 1.18. The smallest absolute Gasteiger partial charge is 0.0705 e. The van der Waals surface area contributed by atoms with E-state index in [9.17, 15) is 5.11 Å². The van der Waals surface area contributed by atoms with E-state index in [4.69, 9.17) is 0 Å². The van der Waals surface area contributed by atoms with Crippen molar-refractivity contribution in [2.75, 3.05) is 6.54 Å². The molecular weight excluding hydrogens is 194 g/mol. The van der Waals surface area contributed by atoms with Gasteiger partial charge in [0.25, 0.3) is 0 Å². The summed E-state index contributed by atoms with van der Waals surface area (Å²) in [6.07, 6.45) is 0.455. The van der Waals surface area contributed by atoms with Gasteiger partial charge in [-0.2, -0.15) is 11.3 Å². The molecule has 2 nitrogen and oxygen atoms in total. The molecule has 0 aliphatic rings. The third-order valence-electron chi connectivity index (χ3n) is 1.92. The lowest BCUT2D eigenvalue weighted by Gasteiger charge is -2.22. The Balaban J connectivity index is 2.26. The van der Waals surface area contributed by atoms with Crippen molar-refractivity contribution in [2.45, 2.75) is 38.8 Å². The molecule has 0 saturated carbocycles. The molecule has 0 bridgehead atoms. The quantitative estimate of drug-likeness (QED) is 0.802. The molecule has 1 atom stereocenters. The van der Waals surface area contributed by atoms with E-state index in [1.807, 2.05) is 5.38 Å². The molecule has 1 aromatic rings. The van der Waals surface area contributed by atoms with Gasteiger partial charge in [0.1, 0.15) is 0 Å². The average Bonchev–Trinajstić information content (AvgIpc) is 2.52. The van der Waals surface area contributed by atoms with Crippen LogP contribution < -0.4 is 5.32 Å². The van der Waals surface area contributed by atoms with Crippen LogP contribution in [0.3, 0.4) is 0 Å². The summed E-state index contributed by atoms with van der Waals surface area (Å²) in [5.74, 6) is 0. The minimum atomic E-state index is -0.288. The van der Waals surface area contributed by atoms with Gasteiger partial charge >= 0.3 is 0 Å². The number of thiophene rings is 1. The summed E-state index contributed by atoms with van der Waals surface area (Å²) in [5, 5.41) is 17.1. The van der Waals surface area contributed by atoms with Crippen LogP contribution in [0.25, 0.3) is 0 Å². The lowest BCUT2D eigenvalue weighted by atomic mass is 10.1. The highest BCUT2D eigenvalue weighted by Crippen LogP contribution is 2.09. The summed E-state index contributed by atoms with van der Waals surface area (Å²) >= 11 is 1.67. The van der Waals surface area contributed by atoms with Gasteiger partial charge in [-0.25, -0.2) is 0 Å². The van der Waals surface area contributed by atoms with E-state index in [2.05, 4.69) is 37.5 Å². The van der Waals surface area contributed by atoms with Crippen LogP contribution in [-0.2, 0) is 6.42 Å². The normalized spacial score (nSPS) is 14.3. The first kappa shape index (κ1) is 11.7. The molecular formula is C11H19NOS. The number of rotatable bonds is 4. The third kappa shape index (κ3) is 4.74.